The van der Waals surface area contributed by atoms with Gasteiger partial charge in [0.25, 0.3) is 0 Å². The molecular weight excluding hydrogens is 294 g/mol. The zero-order valence-electron chi connectivity index (χ0n) is 11.8. The average molecular weight is 313 g/mol. The first kappa shape index (κ1) is 15.8. The number of carbonyl (C=O) groups excluding carboxylic acids is 1. The normalized spacial score (nSPS) is 20.2. The Labute approximate surface area is 124 Å². The summed E-state index contributed by atoms with van der Waals surface area (Å²) in [5.74, 6) is -0.261. The summed E-state index contributed by atoms with van der Waals surface area (Å²) in [5.41, 5.74) is 1.10. The molecule has 1 saturated heterocycles. The molecule has 0 bridgehead atoms. The van der Waals surface area contributed by atoms with Gasteiger partial charge in [-0.3, -0.25) is 4.79 Å². The molecule has 0 spiro atoms. The second-order valence-corrected chi connectivity index (χ2v) is 7.23. The van der Waals surface area contributed by atoms with Gasteiger partial charge in [0.1, 0.15) is 5.75 Å². The molecule has 21 heavy (non-hydrogen) atoms. The lowest BCUT2D eigenvalue weighted by Crippen LogP contribution is -2.23. The Morgan fingerprint density at radius 1 is 1.48 bits per heavy atom. The molecule has 0 aromatic heterocycles. The van der Waals surface area contributed by atoms with E-state index in [2.05, 4.69) is 5.32 Å². The van der Waals surface area contributed by atoms with Crippen molar-refractivity contribution in [2.75, 3.05) is 23.4 Å². The number of ether oxygens (including phenoxy) is 1. The summed E-state index contributed by atoms with van der Waals surface area (Å²) in [6.45, 7) is 2.13. The lowest BCUT2D eigenvalue weighted by molar-refractivity contribution is -0.119. The van der Waals surface area contributed by atoms with Crippen LogP contribution in [0.25, 0.3) is 0 Å². The zero-order valence-corrected chi connectivity index (χ0v) is 12.6. The van der Waals surface area contributed by atoms with Crippen molar-refractivity contribution in [1.29, 1.82) is 0 Å². The quantitative estimate of drug-likeness (QED) is 0.844. The summed E-state index contributed by atoms with van der Waals surface area (Å²) >= 11 is 0. The number of aliphatic hydroxyl groups is 1. The van der Waals surface area contributed by atoms with Crippen molar-refractivity contribution in [3.05, 3.63) is 23.8 Å². The lowest BCUT2D eigenvalue weighted by atomic mass is 10.1. The molecule has 1 heterocycles. The number of hydrogen-bond acceptors (Lipinski definition) is 5. The second-order valence-electron chi connectivity index (χ2n) is 5.00. The molecule has 1 unspecified atom stereocenters. The molecular formula is C14H19NO5S. The van der Waals surface area contributed by atoms with E-state index in [0.717, 1.165) is 0 Å². The van der Waals surface area contributed by atoms with Crippen LogP contribution in [0.4, 0.5) is 5.69 Å². The third kappa shape index (κ3) is 3.95. The van der Waals surface area contributed by atoms with E-state index in [1.54, 1.807) is 18.2 Å². The van der Waals surface area contributed by atoms with Crippen LogP contribution in [0.1, 0.15) is 18.9 Å². The highest BCUT2D eigenvalue weighted by molar-refractivity contribution is 7.91. The van der Waals surface area contributed by atoms with Gasteiger partial charge in [0.05, 0.1) is 30.6 Å². The Morgan fingerprint density at radius 2 is 2.24 bits per heavy atom. The third-order valence-electron chi connectivity index (χ3n) is 3.40. The number of anilines is 1. The van der Waals surface area contributed by atoms with Gasteiger partial charge in [0, 0.05) is 11.3 Å². The van der Waals surface area contributed by atoms with Crippen LogP contribution in [0.3, 0.4) is 0 Å². The molecule has 2 N–H and O–H groups in total. The van der Waals surface area contributed by atoms with Gasteiger partial charge in [-0.2, -0.15) is 0 Å². The van der Waals surface area contributed by atoms with E-state index in [-0.39, 0.29) is 24.0 Å². The first-order valence-corrected chi connectivity index (χ1v) is 8.65. The molecule has 0 radical (unpaired) electrons. The van der Waals surface area contributed by atoms with E-state index >= 15 is 0 Å². The second kappa shape index (κ2) is 6.44. The predicted octanol–water partition coefficient (Wildman–Crippen LogP) is 0.951. The molecule has 116 valence electrons. The van der Waals surface area contributed by atoms with Gasteiger partial charge in [0.2, 0.25) is 5.91 Å². The van der Waals surface area contributed by atoms with Gasteiger partial charge >= 0.3 is 0 Å². The van der Waals surface area contributed by atoms with E-state index in [1.165, 1.54) is 0 Å². The topological polar surface area (TPSA) is 92.7 Å². The number of aliphatic hydroxyl groups excluding tert-OH is 1. The molecule has 0 saturated carbocycles. The highest BCUT2D eigenvalue weighted by atomic mass is 32.2. The van der Waals surface area contributed by atoms with Gasteiger partial charge < -0.3 is 15.2 Å². The highest BCUT2D eigenvalue weighted by Gasteiger charge is 2.32. The molecule has 1 aromatic carbocycles. The van der Waals surface area contributed by atoms with Crippen LogP contribution < -0.4 is 10.1 Å². The average Bonchev–Trinajstić information content (AvgIpc) is 2.81. The Morgan fingerprint density at radius 3 is 2.81 bits per heavy atom. The first-order valence-electron chi connectivity index (χ1n) is 6.83. The van der Waals surface area contributed by atoms with E-state index < -0.39 is 15.8 Å². The first-order chi connectivity index (χ1) is 9.95. The fourth-order valence-electron chi connectivity index (χ4n) is 2.32. The summed E-state index contributed by atoms with van der Waals surface area (Å²) < 4.78 is 28.1. The third-order valence-corrected chi connectivity index (χ3v) is 5.17. The van der Waals surface area contributed by atoms with Crippen LogP contribution in [0, 0.1) is 5.92 Å². The van der Waals surface area contributed by atoms with Crippen molar-refractivity contribution in [3.63, 3.8) is 0 Å². The van der Waals surface area contributed by atoms with Crippen LogP contribution in [-0.2, 0) is 21.2 Å². The molecule has 7 heteroatoms. The van der Waals surface area contributed by atoms with Crippen molar-refractivity contribution in [1.82, 2.24) is 0 Å². The molecule has 1 aliphatic heterocycles. The number of rotatable bonds is 5. The van der Waals surface area contributed by atoms with E-state index in [1.807, 2.05) is 6.92 Å². The van der Waals surface area contributed by atoms with Crippen molar-refractivity contribution in [3.8, 4) is 5.75 Å². The molecule has 1 atom stereocenters. The summed E-state index contributed by atoms with van der Waals surface area (Å²) in [6, 6.07) is 4.98. The number of nitrogens with one attached hydrogen (secondary N) is 1. The number of carbonyl (C=O) groups is 1. The fraction of sp³-hybridized carbons (Fsp3) is 0.500. The van der Waals surface area contributed by atoms with E-state index in [0.29, 0.717) is 30.0 Å². The van der Waals surface area contributed by atoms with Crippen molar-refractivity contribution in [2.45, 2.75) is 20.0 Å². The van der Waals surface area contributed by atoms with Crippen molar-refractivity contribution >= 4 is 21.4 Å². The molecule has 2 rings (SSSR count). The molecule has 1 amide bonds. The molecule has 6 nitrogen and oxygen atoms in total. The Bertz CT molecular complexity index is 626. The van der Waals surface area contributed by atoms with Crippen LogP contribution in [0.5, 0.6) is 5.75 Å². The van der Waals surface area contributed by atoms with Gasteiger partial charge in [-0.1, -0.05) is 0 Å². The summed E-state index contributed by atoms with van der Waals surface area (Å²) in [4.78, 5) is 12.0. The van der Waals surface area contributed by atoms with Crippen LogP contribution in [-0.4, -0.2) is 37.5 Å². The van der Waals surface area contributed by atoms with E-state index in [4.69, 9.17) is 4.74 Å². The monoisotopic (exact) mass is 313 g/mol. The zero-order chi connectivity index (χ0) is 15.5. The van der Waals surface area contributed by atoms with Gasteiger partial charge in [-0.15, -0.1) is 0 Å². The highest BCUT2D eigenvalue weighted by Crippen LogP contribution is 2.25. The summed E-state index contributed by atoms with van der Waals surface area (Å²) in [5, 5.41) is 12.0. The maximum atomic E-state index is 12.0. The minimum atomic E-state index is -3.08. The van der Waals surface area contributed by atoms with E-state index in [9.17, 15) is 18.3 Å². The molecule has 0 aliphatic carbocycles. The fourth-order valence-corrected chi connectivity index (χ4v) is 4.06. The van der Waals surface area contributed by atoms with Crippen molar-refractivity contribution in [2.24, 2.45) is 5.92 Å². The van der Waals surface area contributed by atoms with Gasteiger partial charge in [0.15, 0.2) is 9.84 Å². The Balaban J connectivity index is 2.07. The van der Waals surface area contributed by atoms with Crippen LogP contribution >= 0.6 is 0 Å². The lowest BCUT2D eigenvalue weighted by Gasteiger charge is -2.13. The largest absolute Gasteiger partial charge is 0.494 e. The maximum Gasteiger partial charge on any atom is 0.228 e. The Kier molecular flexibility index (Phi) is 4.84. The predicted molar refractivity (Wildman–Crippen MR) is 78.9 cm³/mol. The summed E-state index contributed by atoms with van der Waals surface area (Å²) in [6.07, 6.45) is 0.359. The van der Waals surface area contributed by atoms with Gasteiger partial charge in [-0.25, -0.2) is 8.42 Å². The number of benzene rings is 1. The number of sulfone groups is 1. The summed E-state index contributed by atoms with van der Waals surface area (Å²) in [7, 11) is -3.08. The maximum absolute atomic E-state index is 12.0. The van der Waals surface area contributed by atoms with Gasteiger partial charge in [-0.05, 0) is 31.5 Å². The van der Waals surface area contributed by atoms with Crippen molar-refractivity contribution < 1.29 is 23.1 Å². The Hall–Kier alpha value is -1.60. The molecule has 1 aliphatic rings. The number of hydrogen-bond donors (Lipinski definition) is 2. The van der Waals surface area contributed by atoms with Crippen LogP contribution in [0.15, 0.2) is 18.2 Å². The standard InChI is InChI=1S/C14H19NO5S/c1-2-20-13-4-3-12(7-11(13)8-16)15-14(17)10-5-6-21(18,19)9-10/h3-4,7,10,16H,2,5-6,8-9H2,1H3,(H,15,17). The minimum Gasteiger partial charge on any atom is -0.494 e. The molecule has 1 fully saturated rings. The molecule has 1 aromatic rings. The smallest absolute Gasteiger partial charge is 0.228 e. The SMILES string of the molecule is CCOc1ccc(NC(=O)C2CCS(=O)(=O)C2)cc1CO. The van der Waals surface area contributed by atoms with Crippen LogP contribution in [0.2, 0.25) is 0 Å². The minimum absolute atomic E-state index is 0.0657. The number of amides is 1.